The van der Waals surface area contributed by atoms with Crippen molar-refractivity contribution in [3.63, 3.8) is 0 Å². The SMILES string of the molecule is CCCCC(C(=O)OC)C(=O)c1cnccc1C. The van der Waals surface area contributed by atoms with E-state index in [1.807, 2.05) is 13.8 Å². The summed E-state index contributed by atoms with van der Waals surface area (Å²) in [7, 11) is 1.31. The molecule has 0 saturated carbocycles. The minimum atomic E-state index is -0.710. The summed E-state index contributed by atoms with van der Waals surface area (Å²) in [5, 5.41) is 0. The quantitative estimate of drug-likeness (QED) is 0.441. The zero-order valence-corrected chi connectivity index (χ0v) is 11.1. The summed E-state index contributed by atoms with van der Waals surface area (Å²) in [6, 6.07) is 1.77. The van der Waals surface area contributed by atoms with Crippen LogP contribution in [0.4, 0.5) is 0 Å². The first-order valence-electron chi connectivity index (χ1n) is 6.14. The molecule has 0 bridgehead atoms. The summed E-state index contributed by atoms with van der Waals surface area (Å²) in [5.74, 6) is -1.37. The Balaban J connectivity index is 2.95. The zero-order valence-electron chi connectivity index (χ0n) is 11.1. The number of hydrogen-bond donors (Lipinski definition) is 0. The largest absolute Gasteiger partial charge is 0.468 e. The van der Waals surface area contributed by atoms with E-state index in [1.54, 1.807) is 12.3 Å². The number of rotatable bonds is 6. The molecule has 0 amide bonds. The molecule has 0 aliphatic rings. The lowest BCUT2D eigenvalue weighted by Crippen LogP contribution is -2.26. The maximum atomic E-state index is 12.3. The van der Waals surface area contributed by atoms with Gasteiger partial charge >= 0.3 is 5.97 Å². The number of aryl methyl sites for hydroxylation is 1. The number of hydrogen-bond acceptors (Lipinski definition) is 4. The lowest BCUT2D eigenvalue weighted by molar-refractivity contribution is -0.143. The molecular weight excluding hydrogens is 230 g/mol. The fraction of sp³-hybridized carbons (Fsp3) is 0.500. The number of carbonyl (C=O) groups excluding carboxylic acids is 2. The molecule has 0 aliphatic carbocycles. The third-order valence-corrected chi connectivity index (χ3v) is 2.95. The fourth-order valence-electron chi connectivity index (χ4n) is 1.82. The summed E-state index contributed by atoms with van der Waals surface area (Å²) in [5.41, 5.74) is 1.34. The Hall–Kier alpha value is -1.71. The highest BCUT2D eigenvalue weighted by Crippen LogP contribution is 2.18. The van der Waals surface area contributed by atoms with E-state index in [0.29, 0.717) is 12.0 Å². The number of carbonyl (C=O) groups is 2. The standard InChI is InChI=1S/C14H19NO3/c1-4-5-6-11(14(17)18-3)13(16)12-9-15-8-7-10(12)2/h7-9,11H,4-6H2,1-3H3. The average Bonchev–Trinajstić information content (AvgIpc) is 2.39. The van der Waals surface area contributed by atoms with Gasteiger partial charge < -0.3 is 4.74 Å². The van der Waals surface area contributed by atoms with E-state index in [1.165, 1.54) is 13.3 Å². The van der Waals surface area contributed by atoms with Crippen LogP contribution in [0.3, 0.4) is 0 Å². The second-order valence-electron chi connectivity index (χ2n) is 4.27. The summed E-state index contributed by atoms with van der Waals surface area (Å²) in [6.45, 7) is 3.86. The highest BCUT2D eigenvalue weighted by Gasteiger charge is 2.28. The number of aromatic nitrogens is 1. The van der Waals surface area contributed by atoms with Gasteiger partial charge in [-0.2, -0.15) is 0 Å². The number of Topliss-reactive ketones (excluding diaryl/α,β-unsaturated/α-hetero) is 1. The Bertz CT molecular complexity index is 429. The van der Waals surface area contributed by atoms with Crippen LogP contribution in [0.15, 0.2) is 18.5 Å². The first-order chi connectivity index (χ1) is 8.61. The molecule has 1 unspecified atom stereocenters. The Labute approximate surface area is 107 Å². The van der Waals surface area contributed by atoms with E-state index < -0.39 is 11.9 Å². The molecule has 0 saturated heterocycles. The van der Waals surface area contributed by atoms with Crippen LogP contribution in [0.25, 0.3) is 0 Å². The van der Waals surface area contributed by atoms with Crippen molar-refractivity contribution in [3.8, 4) is 0 Å². The van der Waals surface area contributed by atoms with E-state index in [4.69, 9.17) is 4.74 Å². The molecule has 0 aliphatic heterocycles. The summed E-state index contributed by atoms with van der Waals surface area (Å²) in [4.78, 5) is 28.0. The molecular formula is C14H19NO3. The first kappa shape index (κ1) is 14.4. The summed E-state index contributed by atoms with van der Waals surface area (Å²) in [6.07, 6.45) is 5.43. The van der Waals surface area contributed by atoms with Crippen molar-refractivity contribution in [2.75, 3.05) is 7.11 Å². The molecule has 1 atom stereocenters. The Morgan fingerprint density at radius 2 is 2.17 bits per heavy atom. The number of pyridine rings is 1. The van der Waals surface area contributed by atoms with Crippen LogP contribution in [-0.4, -0.2) is 23.8 Å². The number of nitrogens with zero attached hydrogens (tertiary/aromatic N) is 1. The van der Waals surface area contributed by atoms with Gasteiger partial charge in [0, 0.05) is 18.0 Å². The minimum Gasteiger partial charge on any atom is -0.468 e. The first-order valence-corrected chi connectivity index (χ1v) is 6.14. The number of methoxy groups -OCH3 is 1. The Morgan fingerprint density at radius 3 is 2.72 bits per heavy atom. The van der Waals surface area contributed by atoms with E-state index in [-0.39, 0.29) is 5.78 Å². The normalized spacial score (nSPS) is 11.9. The average molecular weight is 249 g/mol. The second-order valence-corrected chi connectivity index (χ2v) is 4.27. The maximum absolute atomic E-state index is 12.3. The monoisotopic (exact) mass is 249 g/mol. The molecule has 4 nitrogen and oxygen atoms in total. The molecule has 1 rings (SSSR count). The van der Waals surface area contributed by atoms with E-state index in [2.05, 4.69) is 4.98 Å². The van der Waals surface area contributed by atoms with Gasteiger partial charge in [-0.25, -0.2) is 0 Å². The van der Waals surface area contributed by atoms with Gasteiger partial charge in [0.15, 0.2) is 5.78 Å². The lowest BCUT2D eigenvalue weighted by Gasteiger charge is -2.14. The molecule has 1 aromatic rings. The smallest absolute Gasteiger partial charge is 0.316 e. The van der Waals surface area contributed by atoms with Crippen LogP contribution < -0.4 is 0 Å². The zero-order chi connectivity index (χ0) is 13.5. The topological polar surface area (TPSA) is 56.3 Å². The Kier molecular flexibility index (Phi) is 5.49. The van der Waals surface area contributed by atoms with Crippen LogP contribution in [-0.2, 0) is 9.53 Å². The van der Waals surface area contributed by atoms with Gasteiger partial charge in [0.25, 0.3) is 0 Å². The lowest BCUT2D eigenvalue weighted by atomic mass is 9.91. The molecule has 98 valence electrons. The highest BCUT2D eigenvalue weighted by atomic mass is 16.5. The number of ketones is 1. The van der Waals surface area contributed by atoms with E-state index >= 15 is 0 Å². The van der Waals surface area contributed by atoms with Gasteiger partial charge in [-0.15, -0.1) is 0 Å². The van der Waals surface area contributed by atoms with Crippen molar-refractivity contribution in [2.45, 2.75) is 33.1 Å². The summed E-state index contributed by atoms with van der Waals surface area (Å²) >= 11 is 0. The van der Waals surface area contributed by atoms with E-state index in [0.717, 1.165) is 18.4 Å². The van der Waals surface area contributed by atoms with Gasteiger partial charge in [0.05, 0.1) is 7.11 Å². The molecule has 0 aromatic carbocycles. The number of unbranched alkanes of at least 4 members (excludes halogenated alkanes) is 1. The molecule has 0 N–H and O–H groups in total. The second kappa shape index (κ2) is 6.89. The van der Waals surface area contributed by atoms with Gasteiger partial charge in [-0.1, -0.05) is 19.8 Å². The van der Waals surface area contributed by atoms with Crippen LogP contribution >= 0.6 is 0 Å². The van der Waals surface area contributed by atoms with Crippen LogP contribution in [0.5, 0.6) is 0 Å². The molecule has 0 spiro atoms. The van der Waals surface area contributed by atoms with Crippen LogP contribution in [0.1, 0.15) is 42.1 Å². The van der Waals surface area contributed by atoms with Crippen molar-refractivity contribution in [1.29, 1.82) is 0 Å². The minimum absolute atomic E-state index is 0.194. The number of ether oxygens (including phenoxy) is 1. The Morgan fingerprint density at radius 1 is 1.44 bits per heavy atom. The van der Waals surface area contributed by atoms with Gasteiger partial charge in [0.2, 0.25) is 0 Å². The molecule has 1 aromatic heterocycles. The molecule has 1 heterocycles. The number of esters is 1. The molecule has 0 fully saturated rings. The molecule has 4 heteroatoms. The fourth-order valence-corrected chi connectivity index (χ4v) is 1.82. The van der Waals surface area contributed by atoms with Crippen molar-refractivity contribution in [2.24, 2.45) is 5.92 Å². The van der Waals surface area contributed by atoms with Gasteiger partial charge in [-0.05, 0) is 25.0 Å². The van der Waals surface area contributed by atoms with Crippen LogP contribution in [0.2, 0.25) is 0 Å². The van der Waals surface area contributed by atoms with Crippen molar-refractivity contribution >= 4 is 11.8 Å². The third kappa shape index (κ3) is 3.39. The predicted octanol–water partition coefficient (Wildman–Crippen LogP) is 2.55. The highest BCUT2D eigenvalue weighted by molar-refractivity contribution is 6.09. The third-order valence-electron chi connectivity index (χ3n) is 2.95. The van der Waals surface area contributed by atoms with Crippen molar-refractivity contribution in [3.05, 3.63) is 29.6 Å². The summed E-state index contributed by atoms with van der Waals surface area (Å²) < 4.78 is 4.71. The van der Waals surface area contributed by atoms with Crippen molar-refractivity contribution in [1.82, 2.24) is 4.98 Å². The van der Waals surface area contributed by atoms with Crippen molar-refractivity contribution < 1.29 is 14.3 Å². The van der Waals surface area contributed by atoms with Gasteiger partial charge in [0.1, 0.15) is 5.92 Å². The predicted molar refractivity (Wildman–Crippen MR) is 68.3 cm³/mol. The maximum Gasteiger partial charge on any atom is 0.316 e. The van der Waals surface area contributed by atoms with Crippen LogP contribution in [0, 0.1) is 12.8 Å². The molecule has 18 heavy (non-hydrogen) atoms. The van der Waals surface area contributed by atoms with Gasteiger partial charge in [-0.3, -0.25) is 14.6 Å². The van der Waals surface area contributed by atoms with E-state index in [9.17, 15) is 9.59 Å². The molecule has 0 radical (unpaired) electrons.